The van der Waals surface area contributed by atoms with Crippen LogP contribution in [-0.4, -0.2) is 11.9 Å². The molecule has 0 amide bonds. The Morgan fingerprint density at radius 3 is 2.57 bits per heavy atom. The van der Waals surface area contributed by atoms with Crippen molar-refractivity contribution in [2.24, 2.45) is 4.99 Å². The van der Waals surface area contributed by atoms with Gasteiger partial charge in [-0.05, 0) is 30.7 Å². The third-order valence-electron chi connectivity index (χ3n) is 3.19. The third kappa shape index (κ3) is 2.60. The van der Waals surface area contributed by atoms with E-state index in [9.17, 15) is 9.18 Å². The van der Waals surface area contributed by atoms with Crippen LogP contribution in [0.4, 0.5) is 4.39 Å². The van der Waals surface area contributed by atoms with E-state index in [0.29, 0.717) is 5.56 Å². The second-order valence-electron chi connectivity index (χ2n) is 4.67. The molecule has 3 nitrogen and oxygen atoms in total. The summed E-state index contributed by atoms with van der Waals surface area (Å²) in [6.45, 7) is 1.91. The number of carbonyl (C=O) groups excluding carboxylic acids is 1. The number of aliphatic imine (C=N–C) groups is 1. The maximum atomic E-state index is 13.6. The van der Waals surface area contributed by atoms with Gasteiger partial charge < -0.3 is 4.74 Å². The van der Waals surface area contributed by atoms with E-state index >= 15 is 0 Å². The normalized spacial score (nSPS) is 16.0. The Bertz CT molecular complexity index is 778. The van der Waals surface area contributed by atoms with Gasteiger partial charge in [-0.2, -0.15) is 0 Å². The van der Waals surface area contributed by atoms with Gasteiger partial charge >= 0.3 is 5.97 Å². The van der Waals surface area contributed by atoms with Crippen LogP contribution in [0.5, 0.6) is 0 Å². The van der Waals surface area contributed by atoms with E-state index in [4.69, 9.17) is 4.74 Å². The standard InChI is InChI=1S/C17H12FNO2/c1-11-6-2-4-8-13(11)16-19-15(17(20)21-16)10-12-7-3-5-9-14(12)18/h2-10H,1H3/b15-10-. The van der Waals surface area contributed by atoms with Gasteiger partial charge in [-0.3, -0.25) is 0 Å². The highest BCUT2D eigenvalue weighted by atomic mass is 19.1. The predicted octanol–water partition coefficient (Wildman–Crippen LogP) is 3.48. The first kappa shape index (κ1) is 13.2. The van der Waals surface area contributed by atoms with Crippen LogP contribution in [0.25, 0.3) is 6.08 Å². The van der Waals surface area contributed by atoms with Crippen LogP contribution in [-0.2, 0) is 9.53 Å². The second-order valence-corrected chi connectivity index (χ2v) is 4.67. The molecule has 0 saturated heterocycles. The molecule has 104 valence electrons. The summed E-state index contributed by atoms with van der Waals surface area (Å²) in [5.74, 6) is -0.727. The molecule has 0 aromatic heterocycles. The predicted molar refractivity (Wildman–Crippen MR) is 78.2 cm³/mol. The number of rotatable bonds is 2. The molecule has 21 heavy (non-hydrogen) atoms. The molecule has 0 aliphatic carbocycles. The summed E-state index contributed by atoms with van der Waals surface area (Å²) in [6, 6.07) is 13.7. The molecule has 0 bridgehead atoms. The zero-order valence-electron chi connectivity index (χ0n) is 11.3. The van der Waals surface area contributed by atoms with Crippen LogP contribution in [0.1, 0.15) is 16.7 Å². The molecule has 1 heterocycles. The summed E-state index contributed by atoms with van der Waals surface area (Å²) in [5, 5.41) is 0. The average molecular weight is 281 g/mol. The molecular weight excluding hydrogens is 269 g/mol. The number of aryl methyl sites for hydroxylation is 1. The van der Waals surface area contributed by atoms with Crippen LogP contribution < -0.4 is 0 Å². The van der Waals surface area contributed by atoms with Crippen molar-refractivity contribution in [1.82, 2.24) is 0 Å². The molecule has 2 aromatic carbocycles. The lowest BCUT2D eigenvalue weighted by molar-refractivity contribution is -0.129. The van der Waals surface area contributed by atoms with Crippen molar-refractivity contribution in [2.45, 2.75) is 6.92 Å². The first-order chi connectivity index (χ1) is 10.1. The van der Waals surface area contributed by atoms with Crippen molar-refractivity contribution in [2.75, 3.05) is 0 Å². The number of cyclic esters (lactones) is 1. The minimum Gasteiger partial charge on any atom is -0.402 e. The minimum atomic E-state index is -0.573. The maximum absolute atomic E-state index is 13.6. The van der Waals surface area contributed by atoms with E-state index in [0.717, 1.165) is 11.1 Å². The van der Waals surface area contributed by atoms with Crippen molar-refractivity contribution in [3.05, 3.63) is 76.7 Å². The lowest BCUT2D eigenvalue weighted by Crippen LogP contribution is -2.06. The Hall–Kier alpha value is -2.75. The molecular formula is C17H12FNO2. The van der Waals surface area contributed by atoms with Crippen LogP contribution >= 0.6 is 0 Å². The van der Waals surface area contributed by atoms with Crippen molar-refractivity contribution >= 4 is 17.9 Å². The fourth-order valence-corrected chi connectivity index (χ4v) is 2.08. The maximum Gasteiger partial charge on any atom is 0.363 e. The molecule has 1 aliphatic heterocycles. The first-order valence-electron chi connectivity index (χ1n) is 6.48. The van der Waals surface area contributed by atoms with E-state index in [2.05, 4.69) is 4.99 Å². The number of esters is 1. The zero-order chi connectivity index (χ0) is 14.8. The molecule has 2 aromatic rings. The van der Waals surface area contributed by atoms with Gasteiger partial charge in [-0.1, -0.05) is 36.4 Å². The summed E-state index contributed by atoms with van der Waals surface area (Å²) in [4.78, 5) is 16.0. The molecule has 0 fully saturated rings. The van der Waals surface area contributed by atoms with Gasteiger partial charge in [-0.15, -0.1) is 0 Å². The lowest BCUT2D eigenvalue weighted by Gasteiger charge is -2.02. The molecule has 4 heteroatoms. The highest BCUT2D eigenvalue weighted by Crippen LogP contribution is 2.21. The van der Waals surface area contributed by atoms with Crippen molar-refractivity contribution < 1.29 is 13.9 Å². The Balaban J connectivity index is 2.00. The highest BCUT2D eigenvalue weighted by molar-refractivity contribution is 6.13. The minimum absolute atomic E-state index is 0.0957. The zero-order valence-corrected chi connectivity index (χ0v) is 11.3. The Kier molecular flexibility index (Phi) is 3.36. The van der Waals surface area contributed by atoms with Gasteiger partial charge in [0.1, 0.15) is 5.82 Å². The number of ether oxygens (including phenoxy) is 1. The van der Waals surface area contributed by atoms with E-state index in [1.54, 1.807) is 18.2 Å². The van der Waals surface area contributed by atoms with E-state index in [1.807, 2.05) is 31.2 Å². The van der Waals surface area contributed by atoms with Crippen LogP contribution in [0, 0.1) is 12.7 Å². The van der Waals surface area contributed by atoms with Crippen LogP contribution in [0.3, 0.4) is 0 Å². The largest absolute Gasteiger partial charge is 0.402 e. The molecule has 0 saturated carbocycles. The average Bonchev–Trinajstić information content (AvgIpc) is 2.83. The number of carbonyl (C=O) groups is 1. The fourth-order valence-electron chi connectivity index (χ4n) is 2.08. The van der Waals surface area contributed by atoms with Gasteiger partial charge in [0.05, 0.1) is 0 Å². The molecule has 0 atom stereocenters. The van der Waals surface area contributed by atoms with Crippen molar-refractivity contribution in [3.8, 4) is 0 Å². The first-order valence-corrected chi connectivity index (χ1v) is 6.48. The summed E-state index contributed by atoms with van der Waals surface area (Å²) in [5.41, 5.74) is 2.11. The molecule has 0 unspecified atom stereocenters. The summed E-state index contributed by atoms with van der Waals surface area (Å²) in [6.07, 6.45) is 1.39. The summed E-state index contributed by atoms with van der Waals surface area (Å²) >= 11 is 0. The van der Waals surface area contributed by atoms with Gasteiger partial charge in [0, 0.05) is 11.1 Å². The Morgan fingerprint density at radius 1 is 1.10 bits per heavy atom. The van der Waals surface area contributed by atoms with Gasteiger partial charge in [0.25, 0.3) is 0 Å². The van der Waals surface area contributed by atoms with Gasteiger partial charge in [0.15, 0.2) is 5.70 Å². The van der Waals surface area contributed by atoms with Crippen LogP contribution in [0.15, 0.2) is 59.2 Å². The number of hydrogen-bond acceptors (Lipinski definition) is 3. The second kappa shape index (κ2) is 5.32. The lowest BCUT2D eigenvalue weighted by atomic mass is 10.1. The molecule has 3 rings (SSSR count). The number of nitrogens with zero attached hydrogens (tertiary/aromatic N) is 1. The monoisotopic (exact) mass is 281 g/mol. The Labute approximate surface area is 121 Å². The highest BCUT2D eigenvalue weighted by Gasteiger charge is 2.25. The van der Waals surface area contributed by atoms with Crippen molar-refractivity contribution in [1.29, 1.82) is 0 Å². The van der Waals surface area contributed by atoms with E-state index in [1.165, 1.54) is 12.1 Å². The van der Waals surface area contributed by atoms with E-state index < -0.39 is 11.8 Å². The molecule has 0 spiro atoms. The molecule has 0 N–H and O–H groups in total. The number of halogens is 1. The van der Waals surface area contributed by atoms with Gasteiger partial charge in [0.2, 0.25) is 5.90 Å². The fraction of sp³-hybridized carbons (Fsp3) is 0.0588. The topological polar surface area (TPSA) is 38.7 Å². The van der Waals surface area contributed by atoms with Gasteiger partial charge in [-0.25, -0.2) is 14.2 Å². The van der Waals surface area contributed by atoms with E-state index in [-0.39, 0.29) is 11.6 Å². The Morgan fingerprint density at radius 2 is 1.81 bits per heavy atom. The number of hydrogen-bond donors (Lipinski definition) is 0. The van der Waals surface area contributed by atoms with Crippen LogP contribution in [0.2, 0.25) is 0 Å². The third-order valence-corrected chi connectivity index (χ3v) is 3.19. The summed E-state index contributed by atoms with van der Waals surface area (Å²) in [7, 11) is 0. The quantitative estimate of drug-likeness (QED) is 0.624. The molecule has 0 radical (unpaired) electrons. The smallest absolute Gasteiger partial charge is 0.363 e. The van der Waals surface area contributed by atoms with Crippen molar-refractivity contribution in [3.63, 3.8) is 0 Å². The molecule has 1 aliphatic rings. The summed E-state index contributed by atoms with van der Waals surface area (Å²) < 4.78 is 18.8. The number of benzene rings is 2. The SMILES string of the molecule is Cc1ccccc1C1=N/C(=C\c2ccccc2F)C(=O)O1.